The van der Waals surface area contributed by atoms with E-state index in [1.165, 1.54) is 13.8 Å². The average molecular weight is 235 g/mol. The zero-order chi connectivity index (χ0) is 12.8. The summed E-state index contributed by atoms with van der Waals surface area (Å²) in [5.41, 5.74) is 1.00. The second kappa shape index (κ2) is 5.79. The number of ketones is 1. The SMILES string of the molecule is CC(=O)OCC(=O)Nc1cccc(C(C)=O)c1. The fraction of sp³-hybridized carbons (Fsp3) is 0.250. The molecule has 0 bridgehead atoms. The van der Waals surface area contributed by atoms with Gasteiger partial charge in [-0.1, -0.05) is 12.1 Å². The third-order valence-corrected chi connectivity index (χ3v) is 1.96. The van der Waals surface area contributed by atoms with Crippen LogP contribution in [-0.4, -0.2) is 24.3 Å². The molecule has 0 radical (unpaired) electrons. The Hall–Kier alpha value is -2.17. The van der Waals surface area contributed by atoms with Gasteiger partial charge in [-0.15, -0.1) is 0 Å². The molecular formula is C12H13NO4. The normalized spacial score (nSPS) is 9.53. The lowest BCUT2D eigenvalue weighted by atomic mass is 10.1. The monoisotopic (exact) mass is 235 g/mol. The lowest BCUT2D eigenvalue weighted by Crippen LogP contribution is -2.19. The highest BCUT2D eigenvalue weighted by atomic mass is 16.5. The molecule has 90 valence electrons. The van der Waals surface area contributed by atoms with Gasteiger partial charge in [0, 0.05) is 18.2 Å². The number of carbonyl (C=O) groups excluding carboxylic acids is 3. The number of carbonyl (C=O) groups is 3. The van der Waals surface area contributed by atoms with Crippen LogP contribution in [0.1, 0.15) is 24.2 Å². The Morgan fingerprint density at radius 1 is 1.24 bits per heavy atom. The number of benzene rings is 1. The molecule has 1 aromatic rings. The van der Waals surface area contributed by atoms with Crippen molar-refractivity contribution in [1.82, 2.24) is 0 Å². The van der Waals surface area contributed by atoms with Gasteiger partial charge in [-0.2, -0.15) is 0 Å². The molecule has 5 heteroatoms. The minimum Gasteiger partial charge on any atom is -0.456 e. The molecule has 0 heterocycles. The molecule has 0 fully saturated rings. The van der Waals surface area contributed by atoms with E-state index < -0.39 is 11.9 Å². The molecule has 0 aromatic heterocycles. The first-order chi connectivity index (χ1) is 7.99. The number of esters is 1. The van der Waals surface area contributed by atoms with E-state index in [1.54, 1.807) is 24.3 Å². The van der Waals surface area contributed by atoms with Crippen LogP contribution in [0.25, 0.3) is 0 Å². The number of hydrogen-bond acceptors (Lipinski definition) is 4. The van der Waals surface area contributed by atoms with Gasteiger partial charge in [-0.3, -0.25) is 14.4 Å². The molecule has 0 atom stereocenters. The van der Waals surface area contributed by atoms with Gasteiger partial charge in [-0.05, 0) is 19.1 Å². The Morgan fingerprint density at radius 3 is 2.53 bits per heavy atom. The van der Waals surface area contributed by atoms with Crippen LogP contribution in [0.15, 0.2) is 24.3 Å². The molecular weight excluding hydrogens is 222 g/mol. The Morgan fingerprint density at radius 2 is 1.94 bits per heavy atom. The minimum atomic E-state index is -0.516. The highest BCUT2D eigenvalue weighted by Gasteiger charge is 2.06. The van der Waals surface area contributed by atoms with Crippen LogP contribution in [0.5, 0.6) is 0 Å². The zero-order valence-electron chi connectivity index (χ0n) is 9.65. The van der Waals surface area contributed by atoms with Crippen molar-refractivity contribution in [2.45, 2.75) is 13.8 Å². The molecule has 0 saturated heterocycles. The molecule has 0 saturated carbocycles. The smallest absolute Gasteiger partial charge is 0.303 e. The molecule has 0 aliphatic rings. The second-order valence-corrected chi connectivity index (χ2v) is 3.47. The molecule has 0 spiro atoms. The van der Waals surface area contributed by atoms with Crippen molar-refractivity contribution in [2.75, 3.05) is 11.9 Å². The molecule has 1 amide bonds. The number of anilines is 1. The Balaban J connectivity index is 2.62. The van der Waals surface area contributed by atoms with Crippen molar-refractivity contribution < 1.29 is 19.1 Å². The highest BCUT2D eigenvalue weighted by molar-refractivity contribution is 5.97. The van der Waals surface area contributed by atoms with E-state index in [-0.39, 0.29) is 12.4 Å². The number of rotatable bonds is 4. The first-order valence-electron chi connectivity index (χ1n) is 5.03. The second-order valence-electron chi connectivity index (χ2n) is 3.47. The van der Waals surface area contributed by atoms with Crippen LogP contribution in [0.4, 0.5) is 5.69 Å². The molecule has 1 N–H and O–H groups in total. The van der Waals surface area contributed by atoms with Crippen molar-refractivity contribution in [3.05, 3.63) is 29.8 Å². The van der Waals surface area contributed by atoms with Gasteiger partial charge >= 0.3 is 5.97 Å². The highest BCUT2D eigenvalue weighted by Crippen LogP contribution is 2.10. The maximum Gasteiger partial charge on any atom is 0.303 e. The fourth-order valence-electron chi connectivity index (χ4n) is 1.18. The predicted octanol–water partition coefficient (Wildman–Crippen LogP) is 1.39. The quantitative estimate of drug-likeness (QED) is 0.632. The lowest BCUT2D eigenvalue weighted by Gasteiger charge is -2.06. The molecule has 5 nitrogen and oxygen atoms in total. The molecule has 0 aliphatic heterocycles. The van der Waals surface area contributed by atoms with E-state index in [2.05, 4.69) is 10.1 Å². The van der Waals surface area contributed by atoms with E-state index in [0.29, 0.717) is 11.3 Å². The summed E-state index contributed by atoms with van der Waals surface area (Å²) in [6.45, 7) is 2.34. The van der Waals surface area contributed by atoms with E-state index >= 15 is 0 Å². The summed E-state index contributed by atoms with van der Waals surface area (Å²) in [4.78, 5) is 32.9. The number of Topliss-reactive ketones (excluding diaryl/α,β-unsaturated/α-hetero) is 1. The van der Waals surface area contributed by atoms with E-state index in [9.17, 15) is 14.4 Å². The summed E-state index contributed by atoms with van der Waals surface area (Å²) in [5.74, 6) is -1.04. The fourth-order valence-corrected chi connectivity index (χ4v) is 1.18. The van der Waals surface area contributed by atoms with E-state index in [0.717, 1.165) is 0 Å². The average Bonchev–Trinajstić information content (AvgIpc) is 2.26. The van der Waals surface area contributed by atoms with Gasteiger partial charge in [0.25, 0.3) is 5.91 Å². The van der Waals surface area contributed by atoms with Crippen LogP contribution < -0.4 is 5.32 Å². The van der Waals surface area contributed by atoms with Crippen molar-refractivity contribution >= 4 is 23.3 Å². The van der Waals surface area contributed by atoms with Gasteiger partial charge in [0.2, 0.25) is 0 Å². The predicted molar refractivity (Wildman–Crippen MR) is 61.7 cm³/mol. The van der Waals surface area contributed by atoms with E-state index in [4.69, 9.17) is 0 Å². The number of amides is 1. The van der Waals surface area contributed by atoms with Crippen LogP contribution in [0.2, 0.25) is 0 Å². The van der Waals surface area contributed by atoms with Crippen molar-refractivity contribution in [2.24, 2.45) is 0 Å². The third kappa shape index (κ3) is 4.46. The maximum atomic E-state index is 11.3. The van der Waals surface area contributed by atoms with Gasteiger partial charge in [0.1, 0.15) is 0 Å². The molecule has 0 aliphatic carbocycles. The summed E-state index contributed by atoms with van der Waals surface area (Å²) in [6.07, 6.45) is 0. The van der Waals surface area contributed by atoms with Crippen molar-refractivity contribution in [3.63, 3.8) is 0 Å². The Labute approximate surface area is 98.8 Å². The standard InChI is InChI=1S/C12H13NO4/c1-8(14)10-4-3-5-11(6-10)13-12(16)7-17-9(2)15/h3-6H,7H2,1-2H3,(H,13,16). The largest absolute Gasteiger partial charge is 0.456 e. The van der Waals surface area contributed by atoms with Crippen LogP contribution in [-0.2, 0) is 14.3 Å². The van der Waals surface area contributed by atoms with Crippen LogP contribution in [0.3, 0.4) is 0 Å². The lowest BCUT2D eigenvalue weighted by molar-refractivity contribution is -0.144. The van der Waals surface area contributed by atoms with Crippen molar-refractivity contribution in [1.29, 1.82) is 0 Å². The first-order valence-corrected chi connectivity index (χ1v) is 5.03. The summed E-state index contributed by atoms with van der Waals surface area (Å²) >= 11 is 0. The van der Waals surface area contributed by atoms with Gasteiger partial charge in [-0.25, -0.2) is 0 Å². The molecule has 1 aromatic carbocycles. The number of hydrogen-bond donors (Lipinski definition) is 1. The Kier molecular flexibility index (Phi) is 4.39. The minimum absolute atomic E-state index is 0.0823. The summed E-state index contributed by atoms with van der Waals surface area (Å²) in [7, 11) is 0. The van der Waals surface area contributed by atoms with Crippen LogP contribution in [0, 0.1) is 0 Å². The number of ether oxygens (including phenoxy) is 1. The first kappa shape index (κ1) is 12.9. The third-order valence-electron chi connectivity index (χ3n) is 1.96. The molecule has 1 rings (SSSR count). The van der Waals surface area contributed by atoms with E-state index in [1.807, 2.05) is 0 Å². The summed E-state index contributed by atoms with van der Waals surface area (Å²) in [6, 6.07) is 6.54. The van der Waals surface area contributed by atoms with Gasteiger partial charge in [0.05, 0.1) is 0 Å². The zero-order valence-corrected chi connectivity index (χ0v) is 9.65. The maximum absolute atomic E-state index is 11.3. The van der Waals surface area contributed by atoms with Gasteiger partial charge in [0.15, 0.2) is 12.4 Å². The van der Waals surface area contributed by atoms with Crippen LogP contribution >= 0.6 is 0 Å². The topological polar surface area (TPSA) is 72.5 Å². The number of nitrogens with one attached hydrogen (secondary N) is 1. The molecule has 0 unspecified atom stereocenters. The Bertz CT molecular complexity index is 454. The summed E-state index contributed by atoms with van der Waals surface area (Å²) in [5, 5.41) is 2.52. The molecule has 17 heavy (non-hydrogen) atoms. The van der Waals surface area contributed by atoms with Gasteiger partial charge < -0.3 is 10.1 Å². The summed E-state index contributed by atoms with van der Waals surface area (Å²) < 4.78 is 4.54. The van der Waals surface area contributed by atoms with Crippen molar-refractivity contribution in [3.8, 4) is 0 Å².